The predicted molar refractivity (Wildman–Crippen MR) is 64.7 cm³/mol. The van der Waals surface area contributed by atoms with Crippen molar-refractivity contribution >= 4 is 11.6 Å². The first-order valence-electron chi connectivity index (χ1n) is 5.28. The quantitative estimate of drug-likeness (QED) is 0.835. The van der Waals surface area contributed by atoms with Crippen molar-refractivity contribution in [3.63, 3.8) is 0 Å². The smallest absolute Gasteiger partial charge is 0.241 e. The number of amides is 1. The Balaban J connectivity index is 2.85. The molecule has 0 bridgehead atoms. The van der Waals surface area contributed by atoms with Crippen molar-refractivity contribution in [2.75, 3.05) is 32.1 Å². The molecule has 0 aromatic heterocycles. The topological polar surface area (TPSA) is 43.8 Å². The van der Waals surface area contributed by atoms with E-state index in [0.717, 1.165) is 5.69 Å². The SMILES string of the molecule is CCN(C(=O)CN(C)C)c1cccc(O)c1. The second kappa shape index (κ2) is 5.51. The van der Waals surface area contributed by atoms with Crippen LogP contribution in [0.25, 0.3) is 0 Å². The van der Waals surface area contributed by atoms with Crippen LogP contribution in [0, 0.1) is 0 Å². The number of phenols is 1. The fraction of sp³-hybridized carbons (Fsp3) is 0.417. The second-order valence-corrected chi connectivity index (χ2v) is 3.90. The number of anilines is 1. The third kappa shape index (κ3) is 3.24. The number of hydrogen-bond acceptors (Lipinski definition) is 3. The van der Waals surface area contributed by atoms with Gasteiger partial charge in [-0.3, -0.25) is 4.79 Å². The molecule has 0 saturated carbocycles. The summed E-state index contributed by atoms with van der Waals surface area (Å²) in [5, 5.41) is 9.37. The van der Waals surface area contributed by atoms with Crippen LogP contribution in [0.2, 0.25) is 0 Å². The second-order valence-electron chi connectivity index (χ2n) is 3.90. The van der Waals surface area contributed by atoms with E-state index in [-0.39, 0.29) is 11.7 Å². The first-order valence-corrected chi connectivity index (χ1v) is 5.28. The molecule has 16 heavy (non-hydrogen) atoms. The van der Waals surface area contributed by atoms with Crippen molar-refractivity contribution in [2.24, 2.45) is 0 Å². The summed E-state index contributed by atoms with van der Waals surface area (Å²) in [6.45, 7) is 2.87. The summed E-state index contributed by atoms with van der Waals surface area (Å²) >= 11 is 0. The number of benzene rings is 1. The van der Waals surface area contributed by atoms with Gasteiger partial charge in [0.25, 0.3) is 0 Å². The van der Waals surface area contributed by atoms with Crippen molar-refractivity contribution in [2.45, 2.75) is 6.92 Å². The number of aromatic hydroxyl groups is 1. The molecular formula is C12H18N2O2. The average Bonchev–Trinajstić information content (AvgIpc) is 2.17. The first-order chi connectivity index (χ1) is 7.54. The van der Waals surface area contributed by atoms with Gasteiger partial charge in [-0.15, -0.1) is 0 Å². The van der Waals surface area contributed by atoms with Crippen LogP contribution in [0.3, 0.4) is 0 Å². The van der Waals surface area contributed by atoms with Gasteiger partial charge in [0.2, 0.25) is 5.91 Å². The van der Waals surface area contributed by atoms with Crippen molar-refractivity contribution < 1.29 is 9.90 Å². The number of phenolic OH excluding ortho intramolecular Hbond substituents is 1. The maximum Gasteiger partial charge on any atom is 0.241 e. The Morgan fingerprint density at radius 3 is 2.56 bits per heavy atom. The molecule has 0 fully saturated rings. The lowest BCUT2D eigenvalue weighted by molar-refractivity contribution is -0.119. The zero-order valence-electron chi connectivity index (χ0n) is 9.97. The zero-order valence-corrected chi connectivity index (χ0v) is 9.97. The minimum absolute atomic E-state index is 0.0260. The van der Waals surface area contributed by atoms with Crippen LogP contribution in [0.5, 0.6) is 5.75 Å². The Morgan fingerprint density at radius 1 is 1.38 bits per heavy atom. The number of rotatable bonds is 4. The predicted octanol–water partition coefficient (Wildman–Crippen LogP) is 1.31. The Kier molecular flexibility index (Phi) is 4.31. The van der Waals surface area contributed by atoms with E-state index in [1.807, 2.05) is 32.0 Å². The summed E-state index contributed by atoms with van der Waals surface area (Å²) in [6, 6.07) is 6.73. The molecule has 1 N–H and O–H groups in total. The van der Waals surface area contributed by atoms with E-state index in [4.69, 9.17) is 0 Å². The molecular weight excluding hydrogens is 204 g/mol. The fourth-order valence-corrected chi connectivity index (χ4v) is 1.52. The van der Waals surface area contributed by atoms with Crippen LogP contribution in [0.4, 0.5) is 5.69 Å². The summed E-state index contributed by atoms with van der Waals surface area (Å²) in [6.07, 6.45) is 0. The third-order valence-electron chi connectivity index (χ3n) is 2.21. The van der Waals surface area contributed by atoms with Gasteiger partial charge in [-0.05, 0) is 33.2 Å². The lowest BCUT2D eigenvalue weighted by Gasteiger charge is -2.22. The van der Waals surface area contributed by atoms with Gasteiger partial charge in [-0.2, -0.15) is 0 Å². The highest BCUT2D eigenvalue weighted by Gasteiger charge is 2.14. The van der Waals surface area contributed by atoms with Crippen LogP contribution < -0.4 is 4.90 Å². The molecule has 0 radical (unpaired) electrons. The van der Waals surface area contributed by atoms with E-state index < -0.39 is 0 Å². The summed E-state index contributed by atoms with van der Waals surface area (Å²) in [5.41, 5.74) is 0.731. The molecule has 4 nitrogen and oxygen atoms in total. The molecule has 0 spiro atoms. The van der Waals surface area contributed by atoms with Gasteiger partial charge >= 0.3 is 0 Å². The molecule has 0 aliphatic carbocycles. The molecule has 1 rings (SSSR count). The Bertz CT molecular complexity index is 364. The largest absolute Gasteiger partial charge is 0.508 e. The van der Waals surface area contributed by atoms with E-state index in [0.29, 0.717) is 13.1 Å². The van der Waals surface area contributed by atoms with Crippen LogP contribution in [0.1, 0.15) is 6.92 Å². The van der Waals surface area contributed by atoms with Crippen LogP contribution in [-0.2, 0) is 4.79 Å². The van der Waals surface area contributed by atoms with Gasteiger partial charge in [0.1, 0.15) is 5.75 Å². The number of hydrogen-bond donors (Lipinski definition) is 1. The van der Waals surface area contributed by atoms with Crippen molar-refractivity contribution in [1.82, 2.24) is 4.90 Å². The Morgan fingerprint density at radius 2 is 2.06 bits per heavy atom. The van der Waals surface area contributed by atoms with E-state index in [9.17, 15) is 9.90 Å². The van der Waals surface area contributed by atoms with Gasteiger partial charge in [0.05, 0.1) is 6.54 Å². The molecule has 0 unspecified atom stereocenters. The molecule has 0 saturated heterocycles. The molecule has 0 aliphatic heterocycles. The lowest BCUT2D eigenvalue weighted by atomic mass is 10.2. The molecule has 1 aromatic rings. The lowest BCUT2D eigenvalue weighted by Crippen LogP contribution is -2.37. The van der Waals surface area contributed by atoms with Gasteiger partial charge in [-0.25, -0.2) is 0 Å². The van der Waals surface area contributed by atoms with Gasteiger partial charge < -0.3 is 14.9 Å². The molecule has 1 aromatic carbocycles. The summed E-state index contributed by atoms with van der Waals surface area (Å²) in [4.78, 5) is 15.4. The van der Waals surface area contributed by atoms with Gasteiger partial charge in [-0.1, -0.05) is 6.07 Å². The minimum Gasteiger partial charge on any atom is -0.508 e. The van der Waals surface area contributed by atoms with Crippen molar-refractivity contribution in [3.05, 3.63) is 24.3 Å². The standard InChI is InChI=1S/C12H18N2O2/c1-4-14(12(16)9-13(2)3)10-6-5-7-11(15)8-10/h5-8,15H,4,9H2,1-3H3. The Labute approximate surface area is 96.1 Å². The van der Waals surface area contributed by atoms with Crippen LogP contribution in [-0.4, -0.2) is 43.1 Å². The third-order valence-corrected chi connectivity index (χ3v) is 2.21. The normalized spacial score (nSPS) is 10.5. The summed E-state index contributed by atoms with van der Waals surface area (Å²) in [5.74, 6) is 0.201. The average molecular weight is 222 g/mol. The molecule has 0 atom stereocenters. The molecule has 88 valence electrons. The number of likely N-dealkylation sites (N-methyl/N-ethyl adjacent to an activating group) is 2. The number of nitrogens with zero attached hydrogens (tertiary/aromatic N) is 2. The van der Waals surface area contributed by atoms with Crippen molar-refractivity contribution in [1.29, 1.82) is 0 Å². The van der Waals surface area contributed by atoms with E-state index in [1.165, 1.54) is 0 Å². The monoisotopic (exact) mass is 222 g/mol. The number of carbonyl (C=O) groups is 1. The minimum atomic E-state index is 0.0260. The summed E-state index contributed by atoms with van der Waals surface area (Å²) in [7, 11) is 3.71. The highest BCUT2D eigenvalue weighted by atomic mass is 16.3. The highest BCUT2D eigenvalue weighted by Crippen LogP contribution is 2.19. The number of carbonyl (C=O) groups excluding carboxylic acids is 1. The van der Waals surface area contributed by atoms with E-state index in [1.54, 1.807) is 23.1 Å². The first kappa shape index (κ1) is 12.5. The van der Waals surface area contributed by atoms with Gasteiger partial charge in [0, 0.05) is 18.3 Å². The Hall–Kier alpha value is -1.55. The van der Waals surface area contributed by atoms with Crippen LogP contribution >= 0.6 is 0 Å². The molecule has 1 amide bonds. The zero-order chi connectivity index (χ0) is 12.1. The fourth-order valence-electron chi connectivity index (χ4n) is 1.52. The van der Waals surface area contributed by atoms with Crippen LogP contribution in [0.15, 0.2) is 24.3 Å². The maximum atomic E-state index is 11.9. The molecule has 4 heteroatoms. The molecule has 0 heterocycles. The maximum absolute atomic E-state index is 11.9. The van der Waals surface area contributed by atoms with E-state index >= 15 is 0 Å². The molecule has 0 aliphatic rings. The van der Waals surface area contributed by atoms with E-state index in [2.05, 4.69) is 0 Å². The van der Waals surface area contributed by atoms with Crippen molar-refractivity contribution in [3.8, 4) is 5.75 Å². The highest BCUT2D eigenvalue weighted by molar-refractivity contribution is 5.94. The van der Waals surface area contributed by atoms with Gasteiger partial charge in [0.15, 0.2) is 0 Å². The summed E-state index contributed by atoms with van der Waals surface area (Å²) < 4.78 is 0.